The lowest BCUT2D eigenvalue weighted by atomic mass is 9.59. The molecule has 0 aromatic heterocycles. The maximum atomic E-state index is 13.0. The van der Waals surface area contributed by atoms with Gasteiger partial charge in [0, 0.05) is 26.2 Å². The smallest absolute Gasteiger partial charge is 0.150 e. The summed E-state index contributed by atoms with van der Waals surface area (Å²) >= 11 is 0. The van der Waals surface area contributed by atoms with E-state index in [2.05, 4.69) is 6.92 Å². The first kappa shape index (κ1) is 19.2. The number of ketones is 1. The standard InChI is InChI=1S/C17H30N2O6/c1-3-4-17-8-18-6-16(2,15(17)25)7-19(9-17)14(18)13(24)12(23)11(22)10(21)5-20/h10-14,20-24H,3-9H2,1-2H3/t10-,11+,12+,13+,14?,16?,17?/m0/s1. The van der Waals surface area contributed by atoms with Crippen LogP contribution in [0.5, 0.6) is 0 Å². The van der Waals surface area contributed by atoms with Crippen molar-refractivity contribution in [1.29, 1.82) is 0 Å². The second-order valence-electron chi connectivity index (χ2n) is 8.37. The quantitative estimate of drug-likeness (QED) is 0.346. The molecule has 0 amide bonds. The first-order valence-electron chi connectivity index (χ1n) is 9.05. The number of hydrogen-bond acceptors (Lipinski definition) is 8. The van der Waals surface area contributed by atoms with Gasteiger partial charge in [0.1, 0.15) is 30.2 Å². The average molecular weight is 358 g/mol. The highest BCUT2D eigenvalue weighted by Gasteiger charge is 2.64. The van der Waals surface area contributed by atoms with Crippen LogP contribution < -0.4 is 0 Å². The Morgan fingerprint density at radius 3 is 2.12 bits per heavy atom. The molecule has 4 rings (SSSR count). The molecule has 8 heteroatoms. The zero-order chi connectivity index (χ0) is 18.6. The fourth-order valence-electron chi connectivity index (χ4n) is 5.31. The highest BCUT2D eigenvalue weighted by molar-refractivity contribution is 5.93. The van der Waals surface area contributed by atoms with Crippen molar-refractivity contribution in [3.05, 3.63) is 0 Å². The zero-order valence-corrected chi connectivity index (χ0v) is 14.9. The third kappa shape index (κ3) is 2.84. The summed E-state index contributed by atoms with van der Waals surface area (Å²) in [5.74, 6) is 0.304. The van der Waals surface area contributed by atoms with Crippen molar-refractivity contribution in [3.63, 3.8) is 0 Å². The molecular formula is C17H30N2O6. The first-order chi connectivity index (χ1) is 11.7. The number of rotatable bonds is 7. The van der Waals surface area contributed by atoms with Crippen molar-refractivity contribution in [1.82, 2.24) is 9.80 Å². The van der Waals surface area contributed by atoms with E-state index < -0.39 is 48.0 Å². The van der Waals surface area contributed by atoms with Crippen molar-refractivity contribution in [2.75, 3.05) is 32.8 Å². The van der Waals surface area contributed by atoms with Crippen molar-refractivity contribution in [2.45, 2.75) is 57.3 Å². The van der Waals surface area contributed by atoms with Gasteiger partial charge in [-0.15, -0.1) is 0 Å². The van der Waals surface area contributed by atoms with Crippen LogP contribution in [0, 0.1) is 10.8 Å². The summed E-state index contributed by atoms with van der Waals surface area (Å²) in [5, 5.41) is 49.3. The summed E-state index contributed by atoms with van der Waals surface area (Å²) in [6.45, 7) is 5.43. The lowest BCUT2D eigenvalue weighted by molar-refractivity contribution is -0.231. The monoisotopic (exact) mass is 358 g/mol. The Morgan fingerprint density at radius 1 is 1.08 bits per heavy atom. The van der Waals surface area contributed by atoms with Gasteiger partial charge in [-0.1, -0.05) is 20.3 Å². The van der Waals surface area contributed by atoms with E-state index in [0.29, 0.717) is 32.0 Å². The summed E-state index contributed by atoms with van der Waals surface area (Å²) in [6, 6.07) is 0. The molecule has 6 atom stereocenters. The van der Waals surface area contributed by atoms with Gasteiger partial charge in [-0.2, -0.15) is 0 Å². The molecule has 25 heavy (non-hydrogen) atoms. The minimum atomic E-state index is -1.64. The van der Waals surface area contributed by atoms with Gasteiger partial charge in [0.05, 0.1) is 23.6 Å². The second-order valence-corrected chi connectivity index (χ2v) is 8.37. The van der Waals surface area contributed by atoms with Crippen LogP contribution >= 0.6 is 0 Å². The molecule has 0 aromatic carbocycles. The molecule has 5 N–H and O–H groups in total. The Balaban J connectivity index is 1.82. The van der Waals surface area contributed by atoms with Crippen molar-refractivity contribution in [3.8, 4) is 0 Å². The highest BCUT2D eigenvalue weighted by Crippen LogP contribution is 2.50. The van der Waals surface area contributed by atoms with Crippen LogP contribution in [0.1, 0.15) is 26.7 Å². The van der Waals surface area contributed by atoms with Gasteiger partial charge in [0.2, 0.25) is 0 Å². The van der Waals surface area contributed by atoms with Gasteiger partial charge in [0.25, 0.3) is 0 Å². The number of piperidine rings is 2. The fraction of sp³-hybridized carbons (Fsp3) is 0.941. The minimum Gasteiger partial charge on any atom is -0.394 e. The average Bonchev–Trinajstić information content (AvgIpc) is 2.56. The molecule has 4 aliphatic rings. The lowest BCUT2D eigenvalue weighted by Crippen LogP contribution is -2.81. The molecule has 2 unspecified atom stereocenters. The van der Waals surface area contributed by atoms with E-state index in [9.17, 15) is 25.2 Å². The zero-order valence-electron chi connectivity index (χ0n) is 14.9. The van der Waals surface area contributed by atoms with Crippen LogP contribution in [0.4, 0.5) is 0 Å². The van der Waals surface area contributed by atoms with Crippen LogP contribution in [0.25, 0.3) is 0 Å². The van der Waals surface area contributed by atoms with Gasteiger partial charge in [-0.25, -0.2) is 0 Å². The first-order valence-corrected chi connectivity index (χ1v) is 9.05. The molecular weight excluding hydrogens is 328 g/mol. The highest BCUT2D eigenvalue weighted by atomic mass is 16.4. The van der Waals surface area contributed by atoms with Crippen LogP contribution in [0.3, 0.4) is 0 Å². The molecule has 144 valence electrons. The third-order valence-corrected chi connectivity index (χ3v) is 6.21. The number of aliphatic hydroxyl groups is 5. The molecule has 0 aliphatic carbocycles. The number of carbonyl (C=O) groups is 1. The minimum absolute atomic E-state index is 0.304. The Morgan fingerprint density at radius 2 is 1.64 bits per heavy atom. The summed E-state index contributed by atoms with van der Waals surface area (Å²) in [7, 11) is 0. The molecule has 0 spiro atoms. The molecule has 4 aliphatic heterocycles. The van der Waals surface area contributed by atoms with Crippen LogP contribution in [0.2, 0.25) is 0 Å². The number of aliphatic hydroxyl groups excluding tert-OH is 5. The predicted octanol–water partition coefficient (Wildman–Crippen LogP) is -2.24. The van der Waals surface area contributed by atoms with Crippen LogP contribution in [0.15, 0.2) is 0 Å². The summed E-state index contributed by atoms with van der Waals surface area (Å²) < 4.78 is 0. The molecule has 0 aromatic rings. The van der Waals surface area contributed by atoms with E-state index in [1.165, 1.54) is 0 Å². The number of nitrogens with zero attached hydrogens (tertiary/aromatic N) is 2. The largest absolute Gasteiger partial charge is 0.394 e. The van der Waals surface area contributed by atoms with Gasteiger partial charge in [-0.05, 0) is 6.42 Å². The fourth-order valence-corrected chi connectivity index (χ4v) is 5.31. The molecule has 0 radical (unpaired) electrons. The van der Waals surface area contributed by atoms with Crippen LogP contribution in [-0.4, -0.2) is 104 Å². The van der Waals surface area contributed by atoms with E-state index in [-0.39, 0.29) is 0 Å². The summed E-state index contributed by atoms with van der Waals surface area (Å²) in [5.41, 5.74) is -0.902. The number of Topliss-reactive ketones (excluding diaryl/α,β-unsaturated/α-hetero) is 1. The molecule has 8 nitrogen and oxygen atoms in total. The maximum Gasteiger partial charge on any atom is 0.150 e. The SMILES string of the molecule is CCCC12CN3CC(C)(CN(C1)C3[C@H](O)[C@H](O)[C@H](O)[C@@H](O)CO)C2=O. The van der Waals surface area contributed by atoms with Gasteiger partial charge in [0.15, 0.2) is 0 Å². The Labute approximate surface area is 147 Å². The molecule has 4 heterocycles. The molecule has 4 bridgehead atoms. The van der Waals surface area contributed by atoms with Crippen LogP contribution in [-0.2, 0) is 4.79 Å². The Bertz CT molecular complexity index is 513. The van der Waals surface area contributed by atoms with E-state index in [4.69, 9.17) is 5.11 Å². The van der Waals surface area contributed by atoms with E-state index >= 15 is 0 Å². The molecule has 4 saturated heterocycles. The van der Waals surface area contributed by atoms with Crippen molar-refractivity contribution in [2.24, 2.45) is 10.8 Å². The second kappa shape index (κ2) is 6.53. The topological polar surface area (TPSA) is 125 Å². The third-order valence-electron chi connectivity index (χ3n) is 6.21. The van der Waals surface area contributed by atoms with E-state index in [0.717, 1.165) is 12.8 Å². The van der Waals surface area contributed by atoms with Crippen molar-refractivity contribution < 1.29 is 30.3 Å². The van der Waals surface area contributed by atoms with Gasteiger partial charge in [-0.3, -0.25) is 14.6 Å². The number of carbonyl (C=O) groups excluding carboxylic acids is 1. The van der Waals surface area contributed by atoms with Gasteiger partial charge >= 0.3 is 0 Å². The summed E-state index contributed by atoms with van der Waals surface area (Å²) in [6.07, 6.45) is -4.86. The van der Waals surface area contributed by atoms with Crippen molar-refractivity contribution >= 4 is 5.78 Å². The molecule has 0 saturated carbocycles. The Kier molecular flexibility index (Phi) is 5.00. The molecule has 4 fully saturated rings. The van der Waals surface area contributed by atoms with E-state index in [1.54, 1.807) is 0 Å². The summed E-state index contributed by atoms with van der Waals surface area (Å²) in [4.78, 5) is 17.0. The lowest BCUT2D eigenvalue weighted by Gasteiger charge is -2.66. The van der Waals surface area contributed by atoms with Gasteiger partial charge < -0.3 is 25.5 Å². The normalized spacial score (nSPS) is 44.6. The Hall–Kier alpha value is -0.610. The number of hydrogen-bond donors (Lipinski definition) is 5. The predicted molar refractivity (Wildman–Crippen MR) is 88.5 cm³/mol. The van der Waals surface area contributed by atoms with E-state index in [1.807, 2.05) is 16.7 Å². The maximum absolute atomic E-state index is 13.0.